The lowest BCUT2D eigenvalue weighted by Gasteiger charge is -2.36. The highest BCUT2D eigenvalue weighted by Gasteiger charge is 2.36. The van der Waals surface area contributed by atoms with E-state index in [9.17, 15) is 4.39 Å². The Morgan fingerprint density at radius 1 is 1.24 bits per heavy atom. The van der Waals surface area contributed by atoms with Gasteiger partial charge in [0.25, 0.3) is 0 Å². The van der Waals surface area contributed by atoms with Crippen LogP contribution >= 0.6 is 0 Å². The van der Waals surface area contributed by atoms with Crippen molar-refractivity contribution in [2.24, 2.45) is 0 Å². The fraction of sp³-hybridized carbons (Fsp3) is 0.529. The molecular weight excluding hydrogens is 281 g/mol. The summed E-state index contributed by atoms with van der Waals surface area (Å²) in [5.41, 5.74) is 2.14. The van der Waals surface area contributed by atoms with Gasteiger partial charge >= 0.3 is 0 Å². The highest BCUT2D eigenvalue weighted by molar-refractivity contribution is 6.74. The van der Waals surface area contributed by atoms with E-state index in [1.54, 1.807) is 12.1 Å². The zero-order chi connectivity index (χ0) is 16.1. The molecule has 1 aromatic carbocycles. The second kappa shape index (κ2) is 7.23. The molecule has 0 spiro atoms. The quantitative estimate of drug-likeness (QED) is 0.575. The van der Waals surface area contributed by atoms with Crippen molar-refractivity contribution in [1.82, 2.24) is 0 Å². The van der Waals surface area contributed by atoms with E-state index in [0.717, 1.165) is 12.2 Å². The lowest BCUT2D eigenvalue weighted by atomic mass is 10.2. The van der Waals surface area contributed by atoms with Crippen molar-refractivity contribution in [3.8, 4) is 0 Å². The zero-order valence-corrected chi connectivity index (χ0v) is 15.1. The van der Waals surface area contributed by atoms with Crippen molar-refractivity contribution in [2.75, 3.05) is 18.5 Å². The van der Waals surface area contributed by atoms with Crippen molar-refractivity contribution < 1.29 is 8.82 Å². The SMILES string of the molecule is C/C(=C\CNc1ccc(F)cc1)CO[Si](C)(C)C(C)(C)C. The Morgan fingerprint density at radius 2 is 1.81 bits per heavy atom. The van der Waals surface area contributed by atoms with Gasteiger partial charge in [0, 0.05) is 12.2 Å². The topological polar surface area (TPSA) is 21.3 Å². The molecule has 0 aliphatic carbocycles. The molecule has 0 aromatic heterocycles. The van der Waals surface area contributed by atoms with Crippen LogP contribution in [0.3, 0.4) is 0 Å². The minimum atomic E-state index is -1.68. The van der Waals surface area contributed by atoms with Crippen LogP contribution in [0.1, 0.15) is 27.7 Å². The van der Waals surface area contributed by atoms with Gasteiger partial charge < -0.3 is 9.74 Å². The summed E-state index contributed by atoms with van der Waals surface area (Å²) in [6.07, 6.45) is 2.12. The molecule has 1 N–H and O–H groups in total. The van der Waals surface area contributed by atoms with Crippen molar-refractivity contribution in [3.63, 3.8) is 0 Å². The smallest absolute Gasteiger partial charge is 0.192 e. The van der Waals surface area contributed by atoms with Crippen LogP contribution < -0.4 is 5.32 Å². The van der Waals surface area contributed by atoms with Gasteiger partial charge in [0.2, 0.25) is 0 Å². The Morgan fingerprint density at radius 3 is 2.33 bits per heavy atom. The molecule has 0 fully saturated rings. The third-order valence-corrected chi connectivity index (χ3v) is 8.55. The second-order valence-electron chi connectivity index (χ2n) is 6.99. The largest absolute Gasteiger partial charge is 0.413 e. The van der Waals surface area contributed by atoms with Crippen LogP contribution in [0.2, 0.25) is 18.1 Å². The third-order valence-electron chi connectivity index (χ3n) is 4.07. The van der Waals surface area contributed by atoms with Gasteiger partial charge in [0.15, 0.2) is 8.32 Å². The molecule has 1 aromatic rings. The van der Waals surface area contributed by atoms with E-state index in [1.807, 2.05) is 0 Å². The van der Waals surface area contributed by atoms with Crippen molar-refractivity contribution in [2.45, 2.75) is 45.8 Å². The first-order valence-corrected chi connectivity index (χ1v) is 10.3. The molecular formula is C17H28FNOSi. The maximum atomic E-state index is 12.8. The number of nitrogens with one attached hydrogen (secondary N) is 1. The maximum Gasteiger partial charge on any atom is 0.192 e. The van der Waals surface area contributed by atoms with Gasteiger partial charge in [-0.05, 0) is 49.3 Å². The molecule has 0 unspecified atom stereocenters. The Labute approximate surface area is 129 Å². The van der Waals surface area contributed by atoms with Gasteiger partial charge in [-0.3, -0.25) is 0 Å². The second-order valence-corrected chi connectivity index (χ2v) is 11.8. The van der Waals surface area contributed by atoms with Gasteiger partial charge in [-0.2, -0.15) is 0 Å². The molecule has 0 saturated heterocycles. The molecule has 118 valence electrons. The Bertz CT molecular complexity index is 475. The third kappa shape index (κ3) is 6.02. The summed E-state index contributed by atoms with van der Waals surface area (Å²) in [4.78, 5) is 0. The summed E-state index contributed by atoms with van der Waals surface area (Å²) < 4.78 is 19.0. The van der Waals surface area contributed by atoms with E-state index in [2.05, 4.69) is 52.2 Å². The fourth-order valence-electron chi connectivity index (χ4n) is 1.48. The standard InChI is InChI=1S/C17H28FNOSi/c1-14(13-20-21(5,6)17(2,3)4)11-12-19-16-9-7-15(18)8-10-16/h7-11,19H,12-13H2,1-6H3/b14-11+. The lowest BCUT2D eigenvalue weighted by molar-refractivity contribution is 0.318. The summed E-state index contributed by atoms with van der Waals surface area (Å²) in [5, 5.41) is 3.48. The van der Waals surface area contributed by atoms with E-state index in [1.165, 1.54) is 17.7 Å². The number of halogens is 1. The normalized spacial score (nSPS) is 13.4. The van der Waals surface area contributed by atoms with Crippen LogP contribution in [0.5, 0.6) is 0 Å². The van der Waals surface area contributed by atoms with Crippen molar-refractivity contribution in [1.29, 1.82) is 0 Å². The maximum absolute atomic E-state index is 12.8. The minimum Gasteiger partial charge on any atom is -0.413 e. The van der Waals surface area contributed by atoms with Gasteiger partial charge in [-0.15, -0.1) is 0 Å². The van der Waals surface area contributed by atoms with E-state index in [0.29, 0.717) is 6.61 Å². The van der Waals surface area contributed by atoms with Crippen LogP contribution in [0.25, 0.3) is 0 Å². The molecule has 4 heteroatoms. The highest BCUT2D eigenvalue weighted by Crippen LogP contribution is 2.36. The molecule has 1 rings (SSSR count). The first kappa shape index (κ1) is 17.9. The van der Waals surface area contributed by atoms with Crippen LogP contribution in [-0.4, -0.2) is 21.5 Å². The monoisotopic (exact) mass is 309 g/mol. The van der Waals surface area contributed by atoms with E-state index in [4.69, 9.17) is 4.43 Å². The average molecular weight is 310 g/mol. The summed E-state index contributed by atoms with van der Waals surface area (Å²) in [7, 11) is -1.68. The van der Waals surface area contributed by atoms with Crippen LogP contribution in [-0.2, 0) is 4.43 Å². The molecule has 0 aliphatic rings. The summed E-state index contributed by atoms with van der Waals surface area (Å²) in [6, 6.07) is 6.40. The molecule has 0 atom stereocenters. The summed E-state index contributed by atoms with van der Waals surface area (Å²) >= 11 is 0. The van der Waals surface area contributed by atoms with Gasteiger partial charge in [-0.1, -0.05) is 32.4 Å². The fourth-order valence-corrected chi connectivity index (χ4v) is 2.50. The molecule has 0 radical (unpaired) electrons. The summed E-state index contributed by atoms with van der Waals surface area (Å²) in [5.74, 6) is -0.213. The number of rotatable bonds is 6. The predicted octanol–water partition coefficient (Wildman–Crippen LogP) is 5.21. The highest BCUT2D eigenvalue weighted by atomic mass is 28.4. The first-order chi connectivity index (χ1) is 9.62. The molecule has 0 saturated carbocycles. The van der Waals surface area contributed by atoms with E-state index >= 15 is 0 Å². The number of hydrogen-bond acceptors (Lipinski definition) is 2. The van der Waals surface area contributed by atoms with Crippen molar-refractivity contribution >= 4 is 14.0 Å². The van der Waals surface area contributed by atoms with Gasteiger partial charge in [-0.25, -0.2) is 4.39 Å². The number of anilines is 1. The van der Waals surface area contributed by atoms with E-state index in [-0.39, 0.29) is 10.9 Å². The van der Waals surface area contributed by atoms with Gasteiger partial charge in [0.05, 0.1) is 6.61 Å². The zero-order valence-electron chi connectivity index (χ0n) is 14.1. The molecule has 21 heavy (non-hydrogen) atoms. The predicted molar refractivity (Wildman–Crippen MR) is 91.8 cm³/mol. The number of benzene rings is 1. The first-order valence-electron chi connectivity index (χ1n) is 7.41. The molecule has 0 bridgehead atoms. The molecule has 2 nitrogen and oxygen atoms in total. The summed E-state index contributed by atoms with van der Waals surface area (Å²) in [6.45, 7) is 14.7. The Hall–Kier alpha value is -1.13. The van der Waals surface area contributed by atoms with E-state index < -0.39 is 8.32 Å². The minimum absolute atomic E-state index is 0.213. The molecule has 0 aliphatic heterocycles. The Kier molecular flexibility index (Phi) is 6.17. The van der Waals surface area contributed by atoms with Crippen LogP contribution in [0, 0.1) is 5.82 Å². The van der Waals surface area contributed by atoms with Gasteiger partial charge in [0.1, 0.15) is 5.82 Å². The number of hydrogen-bond donors (Lipinski definition) is 1. The Balaban J connectivity index is 2.42. The van der Waals surface area contributed by atoms with Crippen molar-refractivity contribution in [3.05, 3.63) is 41.7 Å². The molecule has 0 amide bonds. The molecule has 0 heterocycles. The lowest BCUT2D eigenvalue weighted by Crippen LogP contribution is -2.41. The van der Waals surface area contributed by atoms with Crippen LogP contribution in [0.4, 0.5) is 10.1 Å². The van der Waals surface area contributed by atoms with Crippen LogP contribution in [0.15, 0.2) is 35.9 Å². The average Bonchev–Trinajstić information content (AvgIpc) is 2.37.